The lowest BCUT2D eigenvalue weighted by Crippen LogP contribution is -2.51. The fraction of sp³-hybridized carbons (Fsp3) is 1.00. The maximum atomic E-state index is 2.60. The van der Waals surface area contributed by atoms with E-state index in [1.165, 1.54) is 12.6 Å². The Labute approximate surface area is 119 Å². The summed E-state index contributed by atoms with van der Waals surface area (Å²) < 4.78 is 0. The van der Waals surface area contributed by atoms with Gasteiger partial charge in [0, 0.05) is 16.1 Å². The molecule has 0 N–H and O–H groups in total. The van der Waals surface area contributed by atoms with Crippen LogP contribution in [0.15, 0.2) is 0 Å². The first-order valence-corrected chi connectivity index (χ1v) is 15.3. The highest BCUT2D eigenvalue weighted by Gasteiger charge is 2.47. The molecule has 18 heavy (non-hydrogen) atoms. The van der Waals surface area contributed by atoms with Crippen molar-refractivity contribution in [2.75, 3.05) is 0 Å². The van der Waals surface area contributed by atoms with Crippen LogP contribution in [-0.4, -0.2) is 29.6 Å². The molecule has 1 heterocycles. The highest BCUT2D eigenvalue weighted by Crippen LogP contribution is 2.47. The van der Waals surface area contributed by atoms with Gasteiger partial charge in [-0.15, -0.1) is 0 Å². The maximum absolute atomic E-state index is 2.60. The molecule has 1 fully saturated rings. The van der Waals surface area contributed by atoms with Gasteiger partial charge in [-0.3, -0.25) is 0 Å². The van der Waals surface area contributed by atoms with E-state index >= 15 is 0 Å². The van der Waals surface area contributed by atoms with Gasteiger partial charge in [0.05, 0.1) is 0 Å². The van der Waals surface area contributed by atoms with E-state index in [-0.39, 0.29) is 0 Å². The van der Waals surface area contributed by atoms with Gasteiger partial charge in [-0.1, -0.05) is 89.3 Å². The third-order valence-electron chi connectivity index (χ3n) is 5.52. The lowest BCUT2D eigenvalue weighted by atomic mass is 9.25. The molecule has 0 amide bonds. The van der Waals surface area contributed by atoms with Gasteiger partial charge in [-0.25, -0.2) is 0 Å². The first kappa shape index (κ1) is 16.6. The van der Waals surface area contributed by atoms with E-state index in [1.807, 2.05) is 0 Å². The molecule has 1 aliphatic heterocycles. The van der Waals surface area contributed by atoms with Crippen LogP contribution in [0.4, 0.5) is 0 Å². The van der Waals surface area contributed by atoms with Crippen molar-refractivity contribution in [1.82, 2.24) is 0 Å². The minimum Gasteiger partial charge on any atom is -0.0802 e. The zero-order chi connectivity index (χ0) is 14.1. The summed E-state index contributed by atoms with van der Waals surface area (Å²) in [5, 5.41) is 0. The van der Waals surface area contributed by atoms with Crippen LogP contribution in [0.25, 0.3) is 0 Å². The average molecular weight is 280 g/mol. The summed E-state index contributed by atoms with van der Waals surface area (Å²) in [7, 11) is -1.94. The topological polar surface area (TPSA) is 0 Å². The van der Waals surface area contributed by atoms with Crippen LogP contribution in [0.3, 0.4) is 0 Å². The van der Waals surface area contributed by atoms with E-state index in [2.05, 4.69) is 53.1 Å². The number of hydrogen-bond donors (Lipinski definition) is 0. The molecule has 0 spiro atoms. The van der Waals surface area contributed by atoms with Crippen molar-refractivity contribution in [2.24, 2.45) is 0 Å². The zero-order valence-electron chi connectivity index (χ0n) is 14.1. The second kappa shape index (κ2) is 5.91. The van der Waals surface area contributed by atoms with E-state index in [0.717, 1.165) is 24.3 Å². The number of hydrogen-bond acceptors (Lipinski definition) is 0. The predicted molar refractivity (Wildman–Crippen MR) is 96.3 cm³/mol. The van der Waals surface area contributed by atoms with Crippen LogP contribution >= 0.6 is 0 Å². The Morgan fingerprint density at radius 1 is 0.722 bits per heavy atom. The molecule has 0 aromatic rings. The Morgan fingerprint density at radius 2 is 1.00 bits per heavy atom. The van der Waals surface area contributed by atoms with Crippen molar-refractivity contribution in [2.45, 2.75) is 89.3 Å². The first-order chi connectivity index (χ1) is 8.11. The van der Waals surface area contributed by atoms with Crippen molar-refractivity contribution in [3.05, 3.63) is 0 Å². The predicted octanol–water partition coefficient (Wildman–Crippen LogP) is 5.52. The van der Waals surface area contributed by atoms with E-state index in [9.17, 15) is 0 Å². The lowest BCUT2D eigenvalue weighted by molar-refractivity contribution is 0.991. The van der Waals surface area contributed by atoms with Gasteiger partial charge in [0.1, 0.15) is 13.4 Å². The van der Waals surface area contributed by atoms with Gasteiger partial charge in [-0.2, -0.15) is 0 Å². The third kappa shape index (κ3) is 3.78. The van der Waals surface area contributed by atoms with E-state index < -0.39 is 16.1 Å². The Balaban J connectivity index is 2.93. The van der Waals surface area contributed by atoms with E-state index in [4.69, 9.17) is 0 Å². The standard InChI is InChI=1S/C14H34B2Si2/c1-9-15-11-14(18(6,7)8)16(10-2)12-13(15)17(3,4)5/h13-14H,9-12H2,1-8H3. The Hall–Kier alpha value is 0.564. The minimum absolute atomic E-state index is 0.972. The quantitative estimate of drug-likeness (QED) is 0.594. The Bertz CT molecular complexity index is 240. The summed E-state index contributed by atoms with van der Waals surface area (Å²) >= 11 is 0. The van der Waals surface area contributed by atoms with Crippen LogP contribution < -0.4 is 0 Å². The number of rotatable bonds is 4. The van der Waals surface area contributed by atoms with Crippen molar-refractivity contribution < 1.29 is 0 Å². The molecule has 0 aromatic carbocycles. The Morgan fingerprint density at radius 3 is 1.17 bits per heavy atom. The second-order valence-electron chi connectivity index (χ2n) is 8.75. The summed E-state index contributed by atoms with van der Waals surface area (Å²) in [4.78, 5) is 0. The van der Waals surface area contributed by atoms with Gasteiger partial charge in [0.25, 0.3) is 0 Å². The van der Waals surface area contributed by atoms with Gasteiger partial charge in [0.2, 0.25) is 0 Å². The molecule has 0 saturated carbocycles. The highest BCUT2D eigenvalue weighted by molar-refractivity contribution is 6.98. The highest BCUT2D eigenvalue weighted by atomic mass is 28.3. The van der Waals surface area contributed by atoms with Gasteiger partial charge in [0.15, 0.2) is 0 Å². The smallest absolute Gasteiger partial charge is 0.0802 e. The molecule has 2 atom stereocenters. The fourth-order valence-corrected chi connectivity index (χ4v) is 9.98. The van der Waals surface area contributed by atoms with E-state index in [0.29, 0.717) is 0 Å². The molecule has 0 radical (unpaired) electrons. The fourth-order valence-electron chi connectivity index (χ4n) is 4.39. The molecule has 104 valence electrons. The SMILES string of the molecule is CCB1CC([Si](C)(C)C)B(CC)CC1[Si](C)(C)C. The molecule has 2 unspecified atom stereocenters. The lowest BCUT2D eigenvalue weighted by Gasteiger charge is -2.47. The first-order valence-electron chi connectivity index (χ1n) is 8.11. The molecule has 1 saturated heterocycles. The zero-order valence-corrected chi connectivity index (χ0v) is 16.1. The molecular weight excluding hydrogens is 246 g/mol. The van der Waals surface area contributed by atoms with Crippen LogP contribution in [0.2, 0.25) is 75.4 Å². The second-order valence-corrected chi connectivity index (χ2v) is 19.7. The monoisotopic (exact) mass is 280 g/mol. The van der Waals surface area contributed by atoms with Crippen molar-refractivity contribution >= 4 is 29.6 Å². The van der Waals surface area contributed by atoms with Gasteiger partial charge in [-0.05, 0) is 0 Å². The normalized spacial score (nSPS) is 26.7. The summed E-state index contributed by atoms with van der Waals surface area (Å²) in [6.07, 6.45) is 5.96. The molecule has 0 nitrogen and oxygen atoms in total. The molecule has 0 bridgehead atoms. The van der Waals surface area contributed by atoms with Crippen molar-refractivity contribution in [3.63, 3.8) is 0 Å². The van der Waals surface area contributed by atoms with Gasteiger partial charge >= 0.3 is 0 Å². The average Bonchev–Trinajstić information content (AvgIpc) is 2.24. The van der Waals surface area contributed by atoms with E-state index in [1.54, 1.807) is 12.6 Å². The van der Waals surface area contributed by atoms with Gasteiger partial charge < -0.3 is 0 Å². The molecule has 4 heteroatoms. The van der Waals surface area contributed by atoms with Crippen LogP contribution in [-0.2, 0) is 0 Å². The summed E-state index contributed by atoms with van der Waals surface area (Å²) in [5.74, 6) is 0. The van der Waals surface area contributed by atoms with Crippen molar-refractivity contribution in [3.8, 4) is 0 Å². The van der Waals surface area contributed by atoms with Crippen LogP contribution in [0.1, 0.15) is 13.8 Å². The molecule has 1 aliphatic rings. The molecule has 0 aliphatic carbocycles. The molecular formula is C14H34B2Si2. The molecule has 1 rings (SSSR count). The summed E-state index contributed by atoms with van der Waals surface area (Å²) in [6.45, 7) is 22.5. The van der Waals surface area contributed by atoms with Crippen LogP contribution in [0.5, 0.6) is 0 Å². The largest absolute Gasteiger partial charge is 0.138 e. The minimum atomic E-state index is -0.972. The Kier molecular flexibility index (Phi) is 5.45. The summed E-state index contributed by atoms with van der Waals surface area (Å²) in [5.41, 5.74) is 2.17. The molecule has 0 aromatic heterocycles. The summed E-state index contributed by atoms with van der Waals surface area (Å²) in [6, 6.07) is 0. The van der Waals surface area contributed by atoms with Crippen LogP contribution in [0, 0.1) is 0 Å². The maximum Gasteiger partial charge on any atom is 0.138 e. The van der Waals surface area contributed by atoms with Crippen molar-refractivity contribution in [1.29, 1.82) is 0 Å². The third-order valence-corrected chi connectivity index (χ3v) is 11.4.